The van der Waals surface area contributed by atoms with Gasteiger partial charge in [0.2, 0.25) is 10.0 Å². The molecule has 0 radical (unpaired) electrons. The maximum atomic E-state index is 12.8. The molecular weight excluding hydrogens is 416 g/mol. The molecule has 0 saturated heterocycles. The van der Waals surface area contributed by atoms with Gasteiger partial charge >= 0.3 is 0 Å². The largest absolute Gasteiger partial charge is 0.486 e. The number of carbonyl (C=O) groups excluding carboxylic acids is 1. The fourth-order valence-electron chi connectivity index (χ4n) is 3.02. The SMILES string of the molecule is CCN(CC)S(=O)(=O)c1cc(C(=O)NC[C@H]2COc3ccccc3O2)ccc1Cl. The molecule has 0 aromatic heterocycles. The number of hydrogen-bond acceptors (Lipinski definition) is 5. The first-order chi connectivity index (χ1) is 13.9. The molecule has 2 aromatic carbocycles. The van der Waals surface area contributed by atoms with Crippen molar-refractivity contribution in [1.29, 1.82) is 0 Å². The summed E-state index contributed by atoms with van der Waals surface area (Å²) in [5, 5.41) is 2.84. The van der Waals surface area contributed by atoms with Crippen molar-refractivity contribution in [1.82, 2.24) is 9.62 Å². The van der Waals surface area contributed by atoms with E-state index < -0.39 is 15.9 Å². The summed E-state index contributed by atoms with van der Waals surface area (Å²) < 4.78 is 38.3. The third-order valence-corrected chi connectivity index (χ3v) is 7.11. The Labute approximate surface area is 175 Å². The minimum atomic E-state index is -3.78. The molecule has 9 heteroatoms. The molecule has 156 valence electrons. The minimum Gasteiger partial charge on any atom is -0.486 e. The number of nitrogens with one attached hydrogen (secondary N) is 1. The van der Waals surface area contributed by atoms with Crippen LogP contribution in [0.5, 0.6) is 11.5 Å². The van der Waals surface area contributed by atoms with Crippen molar-refractivity contribution >= 4 is 27.5 Å². The topological polar surface area (TPSA) is 84.9 Å². The molecule has 1 aliphatic rings. The van der Waals surface area contributed by atoms with Crippen LogP contribution in [0.15, 0.2) is 47.4 Å². The summed E-state index contributed by atoms with van der Waals surface area (Å²) in [5.74, 6) is 0.872. The van der Waals surface area contributed by atoms with Crippen molar-refractivity contribution < 1.29 is 22.7 Å². The predicted octanol–water partition coefficient (Wildman–Crippen LogP) is 2.94. The summed E-state index contributed by atoms with van der Waals surface area (Å²) in [4.78, 5) is 12.5. The van der Waals surface area contributed by atoms with E-state index in [0.717, 1.165) is 0 Å². The average Bonchev–Trinajstić information content (AvgIpc) is 2.72. The van der Waals surface area contributed by atoms with Crippen molar-refractivity contribution in [3.05, 3.63) is 53.1 Å². The lowest BCUT2D eigenvalue weighted by molar-refractivity contribution is 0.0789. The summed E-state index contributed by atoms with van der Waals surface area (Å²) >= 11 is 6.12. The normalized spacial score (nSPS) is 15.9. The number of carbonyl (C=O) groups is 1. The van der Waals surface area contributed by atoms with E-state index in [0.29, 0.717) is 31.2 Å². The highest BCUT2D eigenvalue weighted by molar-refractivity contribution is 7.89. The second kappa shape index (κ2) is 9.02. The van der Waals surface area contributed by atoms with Gasteiger partial charge in [0.15, 0.2) is 11.5 Å². The third-order valence-electron chi connectivity index (χ3n) is 4.57. The Kier molecular flexibility index (Phi) is 6.66. The molecule has 1 heterocycles. The van der Waals surface area contributed by atoms with Gasteiger partial charge in [0.1, 0.15) is 17.6 Å². The zero-order chi connectivity index (χ0) is 21.0. The van der Waals surface area contributed by atoms with Crippen LogP contribution >= 0.6 is 11.6 Å². The highest BCUT2D eigenvalue weighted by atomic mass is 35.5. The lowest BCUT2D eigenvalue weighted by Gasteiger charge is -2.26. The zero-order valence-corrected chi connectivity index (χ0v) is 17.8. The summed E-state index contributed by atoms with van der Waals surface area (Å²) in [5.41, 5.74) is 0.206. The first-order valence-corrected chi connectivity index (χ1v) is 11.1. The van der Waals surface area contributed by atoms with Gasteiger partial charge in [-0.1, -0.05) is 37.6 Å². The Morgan fingerprint density at radius 2 is 1.86 bits per heavy atom. The Bertz CT molecular complexity index is 992. The second-order valence-corrected chi connectivity index (χ2v) is 8.76. The average molecular weight is 439 g/mol. The van der Waals surface area contributed by atoms with Crippen molar-refractivity contribution in [3.8, 4) is 11.5 Å². The highest BCUT2D eigenvalue weighted by Gasteiger charge is 2.26. The monoisotopic (exact) mass is 438 g/mol. The number of hydrogen-bond donors (Lipinski definition) is 1. The Hall–Kier alpha value is -2.29. The molecule has 3 rings (SSSR count). The molecule has 7 nitrogen and oxygen atoms in total. The molecule has 1 atom stereocenters. The number of ether oxygens (including phenoxy) is 2. The van der Waals surface area contributed by atoms with Gasteiger partial charge in [0.05, 0.1) is 11.6 Å². The van der Waals surface area contributed by atoms with Crippen LogP contribution in [-0.2, 0) is 10.0 Å². The summed E-state index contributed by atoms with van der Waals surface area (Å²) in [6.07, 6.45) is -0.347. The molecule has 1 aliphatic heterocycles. The van der Waals surface area contributed by atoms with Gasteiger partial charge in [-0.25, -0.2) is 8.42 Å². The van der Waals surface area contributed by atoms with Crippen LogP contribution in [0.4, 0.5) is 0 Å². The number of sulfonamides is 1. The van der Waals surface area contributed by atoms with Gasteiger partial charge in [0, 0.05) is 18.7 Å². The Balaban J connectivity index is 1.71. The molecule has 1 N–H and O–H groups in total. The van der Waals surface area contributed by atoms with Crippen LogP contribution in [0.2, 0.25) is 5.02 Å². The van der Waals surface area contributed by atoms with E-state index in [-0.39, 0.29) is 28.1 Å². The molecule has 0 fully saturated rings. The number of halogens is 1. The molecule has 0 bridgehead atoms. The van der Waals surface area contributed by atoms with E-state index in [9.17, 15) is 13.2 Å². The van der Waals surface area contributed by atoms with E-state index in [1.165, 1.54) is 22.5 Å². The molecule has 0 aliphatic carbocycles. The van der Waals surface area contributed by atoms with Crippen LogP contribution < -0.4 is 14.8 Å². The van der Waals surface area contributed by atoms with E-state index in [1.54, 1.807) is 19.9 Å². The van der Waals surface area contributed by atoms with E-state index in [1.807, 2.05) is 18.2 Å². The molecule has 2 aromatic rings. The summed E-state index contributed by atoms with van der Waals surface area (Å²) in [6.45, 7) is 4.64. The first-order valence-electron chi connectivity index (χ1n) is 9.33. The van der Waals surface area contributed by atoms with Gasteiger partial charge in [-0.3, -0.25) is 4.79 Å². The van der Waals surface area contributed by atoms with E-state index in [4.69, 9.17) is 21.1 Å². The molecule has 0 spiro atoms. The summed E-state index contributed by atoms with van der Waals surface area (Å²) in [7, 11) is -3.78. The fraction of sp³-hybridized carbons (Fsp3) is 0.350. The zero-order valence-electron chi connectivity index (χ0n) is 16.2. The van der Waals surface area contributed by atoms with Gasteiger partial charge in [-0.2, -0.15) is 4.31 Å². The van der Waals surface area contributed by atoms with E-state index >= 15 is 0 Å². The molecule has 29 heavy (non-hydrogen) atoms. The number of fused-ring (bicyclic) bond motifs is 1. The van der Waals surface area contributed by atoms with Crippen LogP contribution in [0.3, 0.4) is 0 Å². The van der Waals surface area contributed by atoms with Gasteiger partial charge in [-0.15, -0.1) is 0 Å². The van der Waals surface area contributed by atoms with E-state index in [2.05, 4.69) is 5.32 Å². The van der Waals surface area contributed by atoms with Crippen molar-refractivity contribution in [3.63, 3.8) is 0 Å². The van der Waals surface area contributed by atoms with Crippen LogP contribution in [0, 0.1) is 0 Å². The number of rotatable bonds is 7. The maximum Gasteiger partial charge on any atom is 0.251 e. The number of amides is 1. The van der Waals surface area contributed by atoms with Crippen LogP contribution in [0.1, 0.15) is 24.2 Å². The molecule has 1 amide bonds. The maximum absolute atomic E-state index is 12.8. The van der Waals surface area contributed by atoms with Crippen molar-refractivity contribution in [2.75, 3.05) is 26.2 Å². The fourth-order valence-corrected chi connectivity index (χ4v) is 4.98. The predicted molar refractivity (Wildman–Crippen MR) is 110 cm³/mol. The van der Waals surface area contributed by atoms with Crippen LogP contribution in [-0.4, -0.2) is 51.0 Å². The summed E-state index contributed by atoms with van der Waals surface area (Å²) in [6, 6.07) is 11.5. The second-order valence-electron chi connectivity index (χ2n) is 6.44. The molecular formula is C20H23ClN2O5S. The molecule has 0 unspecified atom stereocenters. The quantitative estimate of drug-likeness (QED) is 0.718. The highest BCUT2D eigenvalue weighted by Crippen LogP contribution is 2.30. The van der Waals surface area contributed by atoms with Gasteiger partial charge in [0.25, 0.3) is 5.91 Å². The molecule has 0 saturated carbocycles. The Morgan fingerprint density at radius 1 is 1.17 bits per heavy atom. The number of nitrogens with zero attached hydrogens (tertiary/aromatic N) is 1. The van der Waals surface area contributed by atoms with Crippen molar-refractivity contribution in [2.45, 2.75) is 24.8 Å². The van der Waals surface area contributed by atoms with Gasteiger partial charge in [-0.05, 0) is 30.3 Å². The Morgan fingerprint density at radius 3 is 2.55 bits per heavy atom. The number of benzene rings is 2. The lowest BCUT2D eigenvalue weighted by atomic mass is 10.2. The van der Waals surface area contributed by atoms with Crippen LogP contribution in [0.25, 0.3) is 0 Å². The lowest BCUT2D eigenvalue weighted by Crippen LogP contribution is -2.40. The third kappa shape index (κ3) is 4.66. The van der Waals surface area contributed by atoms with Crippen molar-refractivity contribution in [2.24, 2.45) is 0 Å². The minimum absolute atomic E-state index is 0.0778. The first kappa shape index (κ1) is 21.4. The van der Waals surface area contributed by atoms with Gasteiger partial charge < -0.3 is 14.8 Å². The smallest absolute Gasteiger partial charge is 0.251 e. The standard InChI is InChI=1S/C20H23ClN2O5S/c1-3-23(4-2)29(25,26)19-11-14(9-10-16(19)21)20(24)22-12-15-13-27-17-7-5-6-8-18(17)28-15/h5-11,15H,3-4,12-13H2,1-2H3,(H,22,24)/t15-/m0/s1. The number of para-hydroxylation sites is 2.